The number of aromatic nitrogens is 4. The lowest BCUT2D eigenvalue weighted by Gasteiger charge is -2.37. The fourth-order valence-corrected chi connectivity index (χ4v) is 9.00. The van der Waals surface area contributed by atoms with E-state index < -0.39 is 16.9 Å². The predicted molar refractivity (Wildman–Crippen MR) is 187 cm³/mol. The highest BCUT2D eigenvalue weighted by atomic mass is 31.2. The summed E-state index contributed by atoms with van der Waals surface area (Å²) in [7, 11) is -2.51. The quantitative estimate of drug-likeness (QED) is 0.131. The Morgan fingerprint density at radius 2 is 0.978 bits per heavy atom. The van der Waals surface area contributed by atoms with Crippen molar-refractivity contribution in [1.29, 1.82) is 0 Å². The minimum atomic E-state index is -1.26. The van der Waals surface area contributed by atoms with E-state index in [4.69, 9.17) is 13.8 Å². The van der Waals surface area contributed by atoms with Crippen LogP contribution in [-0.4, -0.2) is 17.4 Å². The van der Waals surface area contributed by atoms with Gasteiger partial charge in [0.1, 0.15) is 0 Å². The van der Waals surface area contributed by atoms with Crippen molar-refractivity contribution in [2.45, 2.75) is 52.9 Å². The third-order valence-electron chi connectivity index (χ3n) is 8.34. The van der Waals surface area contributed by atoms with Crippen molar-refractivity contribution in [2.75, 3.05) is 0 Å². The second-order valence-electron chi connectivity index (χ2n) is 12.6. The van der Waals surface area contributed by atoms with Crippen LogP contribution in [0.2, 0.25) is 0 Å². The van der Waals surface area contributed by atoms with Crippen LogP contribution in [0, 0.1) is 5.92 Å². The van der Waals surface area contributed by atoms with Gasteiger partial charge in [-0.05, 0) is 90.6 Å². The van der Waals surface area contributed by atoms with E-state index in [9.17, 15) is 0 Å². The zero-order valence-corrected chi connectivity index (χ0v) is 28.7. The predicted octanol–water partition coefficient (Wildman–Crippen LogP) is 10.5. The molecular formula is C37H40N4O3P2. The first kappa shape index (κ1) is 30.5. The summed E-state index contributed by atoms with van der Waals surface area (Å²) in [6, 6.07) is 25.2. The minimum absolute atomic E-state index is 0.370. The number of rotatable bonds is 11. The van der Waals surface area contributed by atoms with Crippen LogP contribution in [0.1, 0.15) is 56.9 Å². The molecule has 6 aromatic rings. The van der Waals surface area contributed by atoms with Crippen molar-refractivity contribution in [3.05, 3.63) is 145 Å². The molecular weight excluding hydrogens is 610 g/mol. The van der Waals surface area contributed by atoms with Crippen LogP contribution in [-0.2, 0) is 18.3 Å². The smallest absolute Gasteiger partial charge is 0.317 e. The van der Waals surface area contributed by atoms with Crippen molar-refractivity contribution in [3.8, 4) is 23.0 Å². The van der Waals surface area contributed by atoms with Crippen molar-refractivity contribution in [3.63, 3.8) is 0 Å². The van der Waals surface area contributed by atoms with E-state index in [1.165, 1.54) is 11.1 Å². The number of nitrogens with zero attached hydrogens (tertiary/aromatic N) is 4. The molecule has 0 amide bonds. The van der Waals surface area contributed by atoms with Crippen molar-refractivity contribution < 1.29 is 13.8 Å². The van der Waals surface area contributed by atoms with Gasteiger partial charge >= 0.3 is 16.9 Å². The highest BCUT2D eigenvalue weighted by molar-refractivity contribution is 7.49. The van der Waals surface area contributed by atoms with Crippen LogP contribution in [0.15, 0.2) is 122 Å². The van der Waals surface area contributed by atoms with Crippen molar-refractivity contribution >= 4 is 16.9 Å². The molecule has 9 heteroatoms. The van der Waals surface area contributed by atoms with Gasteiger partial charge in [-0.25, -0.2) is 0 Å². The van der Waals surface area contributed by atoms with E-state index in [1.807, 2.05) is 48.5 Å². The molecule has 0 fully saturated rings. The van der Waals surface area contributed by atoms with Crippen LogP contribution in [0.5, 0.6) is 23.0 Å². The summed E-state index contributed by atoms with van der Waals surface area (Å²) < 4.78 is 29.6. The second kappa shape index (κ2) is 12.5. The summed E-state index contributed by atoms with van der Waals surface area (Å²) in [5.74, 6) is 3.46. The summed E-state index contributed by atoms with van der Waals surface area (Å²) >= 11 is 0. The first-order chi connectivity index (χ1) is 22.3. The van der Waals surface area contributed by atoms with E-state index in [2.05, 4.69) is 126 Å². The summed E-state index contributed by atoms with van der Waals surface area (Å²) in [6.45, 7) is 11.3. The molecule has 0 spiro atoms. The summed E-state index contributed by atoms with van der Waals surface area (Å²) in [4.78, 5) is 0. The topological polar surface area (TPSA) is 47.4 Å². The molecule has 1 aliphatic heterocycles. The molecule has 0 unspecified atom stereocenters. The molecule has 4 aromatic heterocycles. The molecule has 0 saturated heterocycles. The maximum atomic E-state index is 7.04. The van der Waals surface area contributed by atoms with Gasteiger partial charge in [0.15, 0.2) is 23.0 Å². The average molecular weight is 651 g/mol. The molecule has 0 radical (unpaired) electrons. The summed E-state index contributed by atoms with van der Waals surface area (Å²) in [5.41, 5.74) is 4.33. The Bertz CT molecular complexity index is 1830. The van der Waals surface area contributed by atoms with Crippen molar-refractivity contribution in [1.82, 2.24) is 17.4 Å². The first-order valence-corrected chi connectivity index (χ1v) is 18.2. The molecule has 0 N–H and O–H groups in total. The van der Waals surface area contributed by atoms with Gasteiger partial charge in [-0.1, -0.05) is 46.8 Å². The van der Waals surface area contributed by atoms with E-state index in [1.54, 1.807) is 0 Å². The number of hydrogen-bond donors (Lipinski definition) is 0. The molecule has 46 heavy (non-hydrogen) atoms. The van der Waals surface area contributed by atoms with Gasteiger partial charge in [0.25, 0.3) is 0 Å². The molecule has 0 aliphatic carbocycles. The van der Waals surface area contributed by atoms with Crippen LogP contribution in [0.4, 0.5) is 0 Å². The summed E-state index contributed by atoms with van der Waals surface area (Å²) in [5, 5.41) is 0. The van der Waals surface area contributed by atoms with Gasteiger partial charge < -0.3 is 13.8 Å². The number of hydrogen-bond acceptors (Lipinski definition) is 3. The second-order valence-corrected chi connectivity index (χ2v) is 15.8. The van der Waals surface area contributed by atoms with Crippen LogP contribution < -0.4 is 13.8 Å². The standard InChI is InChI=1S/C37H40N4O3P2/c1-6-29-24-31-35(33(26-29)43-45(38-15-7-8-16-38)39-17-9-10-18-39)42-36-32(37(31,4)5)25-30(23-28(2)3)27-34(36)44-46(40-19-11-12-20-40)41-21-13-14-22-41/h7-22,24-28H,6,23H2,1-5H3. The van der Waals surface area contributed by atoms with Gasteiger partial charge in [-0.15, -0.1) is 0 Å². The zero-order valence-electron chi connectivity index (χ0n) is 26.9. The fraction of sp³-hybridized carbons (Fsp3) is 0.243. The molecule has 7 nitrogen and oxygen atoms in total. The molecule has 0 atom stereocenters. The molecule has 7 rings (SSSR count). The Morgan fingerprint density at radius 1 is 0.609 bits per heavy atom. The molecule has 2 aromatic carbocycles. The Morgan fingerprint density at radius 3 is 1.35 bits per heavy atom. The Hall–Kier alpha value is -4.18. The maximum Gasteiger partial charge on any atom is 0.317 e. The highest BCUT2D eigenvalue weighted by Gasteiger charge is 2.40. The summed E-state index contributed by atoms with van der Waals surface area (Å²) in [6.07, 6.45) is 18.3. The van der Waals surface area contributed by atoms with Gasteiger partial charge in [-0.3, -0.25) is 17.4 Å². The molecule has 236 valence electrons. The monoisotopic (exact) mass is 650 g/mol. The lowest BCUT2D eigenvalue weighted by molar-refractivity contribution is 0.383. The zero-order chi connectivity index (χ0) is 31.8. The minimum Gasteiger partial charge on any atom is -0.449 e. The number of fused-ring (bicyclic) bond motifs is 2. The molecule has 1 aliphatic rings. The fourth-order valence-electron chi connectivity index (χ4n) is 5.99. The van der Waals surface area contributed by atoms with Gasteiger partial charge in [0, 0.05) is 66.1 Å². The van der Waals surface area contributed by atoms with E-state index in [0.717, 1.165) is 47.0 Å². The first-order valence-electron chi connectivity index (χ1n) is 15.8. The highest BCUT2D eigenvalue weighted by Crippen LogP contribution is 2.58. The van der Waals surface area contributed by atoms with Crippen LogP contribution in [0.3, 0.4) is 0 Å². The number of ether oxygens (including phenoxy) is 1. The van der Waals surface area contributed by atoms with E-state index >= 15 is 0 Å². The van der Waals surface area contributed by atoms with Gasteiger partial charge in [0.2, 0.25) is 0 Å². The Kier molecular flexibility index (Phi) is 8.31. The lowest BCUT2D eigenvalue weighted by atomic mass is 9.74. The lowest BCUT2D eigenvalue weighted by Crippen LogP contribution is -2.26. The van der Waals surface area contributed by atoms with Crippen LogP contribution >= 0.6 is 16.9 Å². The Balaban J connectivity index is 1.37. The Labute approximate surface area is 273 Å². The molecule has 0 saturated carbocycles. The van der Waals surface area contributed by atoms with E-state index in [0.29, 0.717) is 5.92 Å². The van der Waals surface area contributed by atoms with Crippen LogP contribution in [0.25, 0.3) is 0 Å². The normalized spacial score (nSPS) is 13.6. The van der Waals surface area contributed by atoms with E-state index in [-0.39, 0.29) is 5.41 Å². The van der Waals surface area contributed by atoms with Gasteiger partial charge in [-0.2, -0.15) is 0 Å². The molecule has 0 bridgehead atoms. The average Bonchev–Trinajstić information content (AvgIpc) is 3.87. The third kappa shape index (κ3) is 5.79. The number of aryl methyl sites for hydroxylation is 1. The maximum absolute atomic E-state index is 7.04. The SMILES string of the molecule is CCc1cc(OP(n2cccc2)n2cccc2)c2c(c1)C(C)(C)c1cc(CC(C)C)cc(OP(n3cccc3)n3cccc3)c1O2. The molecule has 5 heterocycles. The third-order valence-corrected chi connectivity index (χ3v) is 11.7. The largest absolute Gasteiger partial charge is 0.449 e. The van der Waals surface area contributed by atoms with Crippen molar-refractivity contribution in [2.24, 2.45) is 5.92 Å². The van der Waals surface area contributed by atoms with Gasteiger partial charge in [0.05, 0.1) is 0 Å². The number of benzene rings is 2.